The summed E-state index contributed by atoms with van der Waals surface area (Å²) in [6.07, 6.45) is 4.31. The lowest BCUT2D eigenvalue weighted by Crippen LogP contribution is -2.29. The molecule has 1 unspecified atom stereocenters. The molecule has 0 bridgehead atoms. The molecule has 4 nitrogen and oxygen atoms in total. The molecule has 1 aliphatic heterocycles. The van der Waals surface area contributed by atoms with Crippen molar-refractivity contribution in [1.82, 2.24) is 15.3 Å². The zero-order chi connectivity index (χ0) is 9.80. The third kappa shape index (κ3) is 3.64. The summed E-state index contributed by atoms with van der Waals surface area (Å²) in [5, 5.41) is 6.67. The molecule has 2 rings (SSSR count). The molecule has 0 radical (unpaired) electrons. The van der Waals surface area contributed by atoms with Crippen molar-refractivity contribution in [2.24, 2.45) is 0 Å². The molecule has 0 spiro atoms. The van der Waals surface area contributed by atoms with Crippen LogP contribution in [-0.2, 0) is 0 Å². The van der Waals surface area contributed by atoms with Crippen molar-refractivity contribution in [2.75, 3.05) is 18.4 Å². The summed E-state index contributed by atoms with van der Waals surface area (Å²) in [6, 6.07) is 2.48. The van der Waals surface area contributed by atoms with Crippen LogP contribution in [0, 0.1) is 6.92 Å². The van der Waals surface area contributed by atoms with Gasteiger partial charge in [-0.15, -0.1) is 12.4 Å². The van der Waals surface area contributed by atoms with Crippen LogP contribution in [0.3, 0.4) is 0 Å². The van der Waals surface area contributed by atoms with Crippen molar-refractivity contribution >= 4 is 18.4 Å². The Labute approximate surface area is 96.3 Å². The Morgan fingerprint density at radius 1 is 1.60 bits per heavy atom. The van der Waals surface area contributed by atoms with Crippen molar-refractivity contribution in [2.45, 2.75) is 25.8 Å². The van der Waals surface area contributed by atoms with E-state index in [1.165, 1.54) is 12.8 Å². The molecule has 0 saturated carbocycles. The Balaban J connectivity index is 0.00000112. The van der Waals surface area contributed by atoms with Gasteiger partial charge < -0.3 is 10.6 Å². The van der Waals surface area contributed by atoms with Crippen LogP contribution in [0.5, 0.6) is 0 Å². The molecule has 5 heteroatoms. The molecule has 1 atom stereocenters. The first-order chi connectivity index (χ1) is 6.84. The predicted molar refractivity (Wildman–Crippen MR) is 63.5 cm³/mol. The highest BCUT2D eigenvalue weighted by atomic mass is 35.5. The molecule has 0 amide bonds. The number of anilines is 1. The standard InChI is InChI=1S/C10H16N4.ClH/c1-8-4-6-12-10(14-8)13-7-9-3-2-5-11-9;/h4,6,9,11H,2-3,5,7H2,1H3,(H,12,13,14);1H. The number of nitrogens with one attached hydrogen (secondary N) is 2. The monoisotopic (exact) mass is 228 g/mol. The quantitative estimate of drug-likeness (QED) is 0.821. The molecule has 1 saturated heterocycles. The summed E-state index contributed by atoms with van der Waals surface area (Å²) >= 11 is 0. The van der Waals surface area contributed by atoms with Crippen LogP contribution in [0.25, 0.3) is 0 Å². The van der Waals surface area contributed by atoms with E-state index in [0.29, 0.717) is 6.04 Å². The maximum absolute atomic E-state index is 4.28. The van der Waals surface area contributed by atoms with E-state index in [-0.39, 0.29) is 12.4 Å². The van der Waals surface area contributed by atoms with Crippen molar-refractivity contribution in [3.8, 4) is 0 Å². The highest BCUT2D eigenvalue weighted by Gasteiger charge is 2.13. The number of halogens is 1. The van der Waals surface area contributed by atoms with Crippen molar-refractivity contribution in [3.63, 3.8) is 0 Å². The zero-order valence-electron chi connectivity index (χ0n) is 8.86. The molecule has 84 valence electrons. The largest absolute Gasteiger partial charge is 0.353 e. The van der Waals surface area contributed by atoms with E-state index in [1.807, 2.05) is 13.0 Å². The average Bonchev–Trinajstić information content (AvgIpc) is 2.67. The van der Waals surface area contributed by atoms with Gasteiger partial charge in [-0.05, 0) is 32.4 Å². The second-order valence-corrected chi connectivity index (χ2v) is 3.70. The maximum Gasteiger partial charge on any atom is 0.222 e. The second-order valence-electron chi connectivity index (χ2n) is 3.70. The fraction of sp³-hybridized carbons (Fsp3) is 0.600. The third-order valence-corrected chi connectivity index (χ3v) is 2.46. The summed E-state index contributed by atoms with van der Waals surface area (Å²) in [5.41, 5.74) is 1.00. The molecule has 2 heterocycles. The molecule has 15 heavy (non-hydrogen) atoms. The minimum Gasteiger partial charge on any atom is -0.353 e. The van der Waals surface area contributed by atoms with Crippen LogP contribution in [0.2, 0.25) is 0 Å². The van der Waals surface area contributed by atoms with E-state index in [9.17, 15) is 0 Å². The Hall–Kier alpha value is -0.870. The van der Waals surface area contributed by atoms with Gasteiger partial charge in [-0.3, -0.25) is 0 Å². The first-order valence-corrected chi connectivity index (χ1v) is 5.11. The van der Waals surface area contributed by atoms with Crippen LogP contribution < -0.4 is 10.6 Å². The van der Waals surface area contributed by atoms with Crippen molar-refractivity contribution in [3.05, 3.63) is 18.0 Å². The predicted octanol–water partition coefficient (Wildman–Crippen LogP) is 1.37. The molecular weight excluding hydrogens is 212 g/mol. The van der Waals surface area contributed by atoms with Crippen LogP contribution in [0.15, 0.2) is 12.3 Å². The first-order valence-electron chi connectivity index (χ1n) is 5.11. The summed E-state index contributed by atoms with van der Waals surface area (Å²) in [5.74, 6) is 0.735. The number of aryl methyl sites for hydroxylation is 1. The van der Waals surface area contributed by atoms with E-state index >= 15 is 0 Å². The fourth-order valence-electron chi connectivity index (χ4n) is 1.68. The Kier molecular flexibility index (Phi) is 4.78. The number of rotatable bonds is 3. The van der Waals surface area contributed by atoms with Gasteiger partial charge in [0.2, 0.25) is 5.95 Å². The number of nitrogens with zero attached hydrogens (tertiary/aromatic N) is 2. The molecule has 1 aromatic heterocycles. The van der Waals surface area contributed by atoms with Crippen LogP contribution >= 0.6 is 12.4 Å². The lowest BCUT2D eigenvalue weighted by Gasteiger charge is -2.11. The van der Waals surface area contributed by atoms with Crippen molar-refractivity contribution < 1.29 is 0 Å². The number of hydrogen-bond donors (Lipinski definition) is 2. The minimum atomic E-state index is 0. The molecule has 0 aromatic carbocycles. The Morgan fingerprint density at radius 2 is 2.47 bits per heavy atom. The number of hydrogen-bond acceptors (Lipinski definition) is 4. The van der Waals surface area contributed by atoms with Gasteiger partial charge in [0.15, 0.2) is 0 Å². The summed E-state index contributed by atoms with van der Waals surface area (Å²) in [4.78, 5) is 8.43. The van der Waals surface area contributed by atoms with Gasteiger partial charge in [-0.1, -0.05) is 0 Å². The zero-order valence-corrected chi connectivity index (χ0v) is 9.68. The van der Waals surface area contributed by atoms with E-state index in [2.05, 4.69) is 20.6 Å². The smallest absolute Gasteiger partial charge is 0.222 e. The summed E-state index contributed by atoms with van der Waals surface area (Å²) < 4.78 is 0. The van der Waals surface area contributed by atoms with Gasteiger partial charge in [0.25, 0.3) is 0 Å². The van der Waals surface area contributed by atoms with Crippen LogP contribution in [-0.4, -0.2) is 29.1 Å². The molecule has 1 aliphatic rings. The summed E-state index contributed by atoms with van der Waals surface area (Å²) in [6.45, 7) is 4.03. The topological polar surface area (TPSA) is 49.8 Å². The van der Waals surface area contributed by atoms with E-state index < -0.39 is 0 Å². The second kappa shape index (κ2) is 5.88. The van der Waals surface area contributed by atoms with E-state index in [0.717, 1.165) is 24.7 Å². The molecule has 0 aliphatic carbocycles. The molecule has 2 N–H and O–H groups in total. The summed E-state index contributed by atoms with van der Waals surface area (Å²) in [7, 11) is 0. The Bertz CT molecular complexity index is 299. The van der Waals surface area contributed by atoms with Gasteiger partial charge in [0, 0.05) is 24.5 Å². The SMILES string of the molecule is Cc1ccnc(NCC2CCCN2)n1.Cl. The Morgan fingerprint density at radius 3 is 3.13 bits per heavy atom. The van der Waals surface area contributed by atoms with Crippen LogP contribution in [0.4, 0.5) is 5.95 Å². The molecule has 1 aromatic rings. The van der Waals surface area contributed by atoms with Gasteiger partial charge >= 0.3 is 0 Å². The average molecular weight is 229 g/mol. The highest BCUT2D eigenvalue weighted by Crippen LogP contribution is 2.06. The molecule has 1 fully saturated rings. The normalized spacial score (nSPS) is 19.7. The fourth-order valence-corrected chi connectivity index (χ4v) is 1.68. The highest BCUT2D eigenvalue weighted by molar-refractivity contribution is 5.85. The molecular formula is C10H17ClN4. The minimum absolute atomic E-state index is 0. The maximum atomic E-state index is 4.28. The van der Waals surface area contributed by atoms with Gasteiger partial charge in [0.05, 0.1) is 0 Å². The van der Waals surface area contributed by atoms with Gasteiger partial charge in [0.1, 0.15) is 0 Å². The van der Waals surface area contributed by atoms with E-state index in [4.69, 9.17) is 0 Å². The van der Waals surface area contributed by atoms with Crippen LogP contribution in [0.1, 0.15) is 18.5 Å². The number of aromatic nitrogens is 2. The first kappa shape index (κ1) is 12.2. The van der Waals surface area contributed by atoms with Crippen molar-refractivity contribution in [1.29, 1.82) is 0 Å². The van der Waals surface area contributed by atoms with Gasteiger partial charge in [-0.25, -0.2) is 9.97 Å². The van der Waals surface area contributed by atoms with E-state index in [1.54, 1.807) is 6.20 Å². The van der Waals surface area contributed by atoms with Gasteiger partial charge in [-0.2, -0.15) is 0 Å². The third-order valence-electron chi connectivity index (χ3n) is 2.46. The lowest BCUT2D eigenvalue weighted by atomic mass is 10.2. The lowest BCUT2D eigenvalue weighted by molar-refractivity contribution is 0.631.